The quantitative estimate of drug-likeness (QED) is 0.305. The Bertz CT molecular complexity index is 923. The Kier molecular flexibility index (Phi) is 3.97. The van der Waals surface area contributed by atoms with Crippen LogP contribution in [0.5, 0.6) is 0 Å². The molecule has 0 fully saturated rings. The van der Waals surface area contributed by atoms with E-state index in [0.717, 1.165) is 16.3 Å². The number of allylic oxidation sites excluding steroid dienone is 1. The average molecular weight is 303 g/mol. The highest BCUT2D eigenvalue weighted by atomic mass is 16.6. The number of hydrogen-bond donors (Lipinski definition) is 0. The SMILES string of the molecule is O=C(/C=C/c1cccc2ccccc12)c1ccccc1[N+](=O)[O-]. The van der Waals surface area contributed by atoms with Crippen LogP contribution < -0.4 is 0 Å². The van der Waals surface area contributed by atoms with Crippen molar-refractivity contribution in [1.29, 1.82) is 0 Å². The number of carbonyl (C=O) groups excluding carboxylic acids is 1. The van der Waals surface area contributed by atoms with Crippen molar-refractivity contribution in [2.24, 2.45) is 0 Å². The summed E-state index contributed by atoms with van der Waals surface area (Å²) in [5, 5.41) is 13.1. The summed E-state index contributed by atoms with van der Waals surface area (Å²) in [6, 6.07) is 19.6. The topological polar surface area (TPSA) is 60.2 Å². The first-order valence-corrected chi connectivity index (χ1v) is 7.10. The molecule has 0 aliphatic rings. The van der Waals surface area contributed by atoms with Crippen molar-refractivity contribution >= 4 is 28.3 Å². The van der Waals surface area contributed by atoms with E-state index in [9.17, 15) is 14.9 Å². The number of nitro benzene ring substituents is 1. The van der Waals surface area contributed by atoms with Crippen LogP contribution in [0.3, 0.4) is 0 Å². The van der Waals surface area contributed by atoms with Gasteiger partial charge in [0.15, 0.2) is 5.78 Å². The fraction of sp³-hybridized carbons (Fsp3) is 0. The van der Waals surface area contributed by atoms with Gasteiger partial charge < -0.3 is 0 Å². The maximum atomic E-state index is 12.3. The third-order valence-electron chi connectivity index (χ3n) is 3.60. The van der Waals surface area contributed by atoms with Crippen molar-refractivity contribution in [2.75, 3.05) is 0 Å². The Morgan fingerprint density at radius 2 is 1.61 bits per heavy atom. The minimum atomic E-state index is -0.543. The lowest BCUT2D eigenvalue weighted by Gasteiger charge is -2.02. The van der Waals surface area contributed by atoms with Crippen LogP contribution in [0.25, 0.3) is 16.8 Å². The van der Waals surface area contributed by atoms with Crippen LogP contribution in [-0.4, -0.2) is 10.7 Å². The van der Waals surface area contributed by atoms with Gasteiger partial charge in [0.05, 0.1) is 10.5 Å². The maximum absolute atomic E-state index is 12.3. The third-order valence-corrected chi connectivity index (χ3v) is 3.60. The van der Waals surface area contributed by atoms with Gasteiger partial charge >= 0.3 is 0 Å². The second kappa shape index (κ2) is 6.23. The van der Waals surface area contributed by atoms with Gasteiger partial charge in [-0.3, -0.25) is 14.9 Å². The molecular formula is C19H13NO3. The first-order valence-electron chi connectivity index (χ1n) is 7.10. The van der Waals surface area contributed by atoms with Crippen LogP contribution in [0.4, 0.5) is 5.69 Å². The number of nitro groups is 1. The van der Waals surface area contributed by atoms with Crippen molar-refractivity contribution in [1.82, 2.24) is 0 Å². The molecule has 0 amide bonds. The molecule has 3 aromatic rings. The number of benzene rings is 3. The molecule has 0 aliphatic heterocycles. The molecule has 3 aromatic carbocycles. The second-order valence-electron chi connectivity index (χ2n) is 5.04. The van der Waals surface area contributed by atoms with E-state index in [1.54, 1.807) is 18.2 Å². The summed E-state index contributed by atoms with van der Waals surface area (Å²) < 4.78 is 0. The van der Waals surface area contributed by atoms with Gasteiger partial charge in [-0.2, -0.15) is 0 Å². The highest BCUT2D eigenvalue weighted by molar-refractivity contribution is 6.10. The van der Waals surface area contributed by atoms with E-state index >= 15 is 0 Å². The number of hydrogen-bond acceptors (Lipinski definition) is 3. The summed E-state index contributed by atoms with van der Waals surface area (Å²) in [5.74, 6) is -0.384. The Morgan fingerprint density at radius 3 is 2.43 bits per heavy atom. The molecule has 23 heavy (non-hydrogen) atoms. The molecule has 112 valence electrons. The van der Waals surface area contributed by atoms with Gasteiger partial charge in [0.2, 0.25) is 0 Å². The molecule has 0 saturated carbocycles. The van der Waals surface area contributed by atoms with Gasteiger partial charge in [0, 0.05) is 6.07 Å². The van der Waals surface area contributed by atoms with Crippen LogP contribution in [0.15, 0.2) is 72.8 Å². The van der Waals surface area contributed by atoms with Crippen molar-refractivity contribution < 1.29 is 9.72 Å². The summed E-state index contributed by atoms with van der Waals surface area (Å²) in [4.78, 5) is 22.7. The van der Waals surface area contributed by atoms with Crippen LogP contribution in [0.1, 0.15) is 15.9 Å². The van der Waals surface area contributed by atoms with Crippen molar-refractivity contribution in [2.45, 2.75) is 0 Å². The van der Waals surface area contributed by atoms with Crippen molar-refractivity contribution in [3.63, 3.8) is 0 Å². The highest BCUT2D eigenvalue weighted by Crippen LogP contribution is 2.22. The first-order chi connectivity index (χ1) is 11.2. The first kappa shape index (κ1) is 14.7. The van der Waals surface area contributed by atoms with E-state index in [1.807, 2.05) is 42.5 Å². The zero-order chi connectivity index (χ0) is 16.2. The summed E-state index contributed by atoms with van der Waals surface area (Å²) in [7, 11) is 0. The smallest absolute Gasteiger partial charge is 0.280 e. The van der Waals surface area contributed by atoms with E-state index in [1.165, 1.54) is 18.2 Å². The van der Waals surface area contributed by atoms with Gasteiger partial charge in [-0.1, -0.05) is 60.7 Å². The minimum Gasteiger partial charge on any atom is -0.289 e. The molecule has 0 spiro atoms. The lowest BCUT2D eigenvalue weighted by atomic mass is 10.0. The summed E-state index contributed by atoms with van der Waals surface area (Å²) in [6.45, 7) is 0. The van der Waals surface area contributed by atoms with E-state index in [-0.39, 0.29) is 17.0 Å². The number of ketones is 1. The molecule has 0 saturated heterocycles. The fourth-order valence-corrected chi connectivity index (χ4v) is 2.49. The van der Waals surface area contributed by atoms with Crippen LogP contribution in [0.2, 0.25) is 0 Å². The molecule has 0 heterocycles. The molecule has 4 heteroatoms. The molecule has 0 aromatic heterocycles. The molecule has 0 N–H and O–H groups in total. The summed E-state index contributed by atoms with van der Waals surface area (Å²) in [6.07, 6.45) is 3.07. The molecule has 0 radical (unpaired) electrons. The Morgan fingerprint density at radius 1 is 0.913 bits per heavy atom. The molecule has 0 bridgehead atoms. The summed E-state index contributed by atoms with van der Waals surface area (Å²) in [5.41, 5.74) is 0.809. The predicted molar refractivity (Wildman–Crippen MR) is 90.4 cm³/mol. The number of fused-ring (bicyclic) bond motifs is 1. The molecule has 3 rings (SSSR count). The second-order valence-corrected chi connectivity index (χ2v) is 5.04. The molecule has 0 unspecified atom stereocenters. The lowest BCUT2D eigenvalue weighted by molar-refractivity contribution is -0.385. The Hall–Kier alpha value is -3.27. The van der Waals surface area contributed by atoms with E-state index in [4.69, 9.17) is 0 Å². The zero-order valence-corrected chi connectivity index (χ0v) is 12.2. The zero-order valence-electron chi connectivity index (χ0n) is 12.2. The van der Waals surface area contributed by atoms with E-state index in [0.29, 0.717) is 0 Å². The maximum Gasteiger partial charge on any atom is 0.280 e. The van der Waals surface area contributed by atoms with Gasteiger partial charge in [0.1, 0.15) is 0 Å². The third kappa shape index (κ3) is 3.01. The van der Waals surface area contributed by atoms with Crippen LogP contribution in [0, 0.1) is 10.1 Å². The largest absolute Gasteiger partial charge is 0.289 e. The number of para-hydroxylation sites is 1. The molecule has 0 atom stereocenters. The molecule has 0 aliphatic carbocycles. The Labute approximate surface area is 132 Å². The van der Waals surface area contributed by atoms with E-state index < -0.39 is 4.92 Å². The standard InChI is InChI=1S/C19H13NO3/c21-19(17-10-3-4-11-18(17)20(22)23)13-12-15-8-5-7-14-6-1-2-9-16(14)15/h1-13H/b13-12+. The fourth-order valence-electron chi connectivity index (χ4n) is 2.49. The average Bonchev–Trinajstić information content (AvgIpc) is 2.59. The highest BCUT2D eigenvalue weighted by Gasteiger charge is 2.16. The van der Waals surface area contributed by atoms with Gasteiger partial charge in [0.25, 0.3) is 5.69 Å². The summed E-state index contributed by atoms with van der Waals surface area (Å²) >= 11 is 0. The number of rotatable bonds is 4. The number of carbonyl (C=O) groups is 1. The minimum absolute atomic E-state index is 0.0917. The van der Waals surface area contributed by atoms with Crippen LogP contribution in [-0.2, 0) is 0 Å². The van der Waals surface area contributed by atoms with Crippen LogP contribution >= 0.6 is 0 Å². The lowest BCUT2D eigenvalue weighted by Crippen LogP contribution is -2.00. The van der Waals surface area contributed by atoms with Crippen molar-refractivity contribution in [3.8, 4) is 0 Å². The van der Waals surface area contributed by atoms with Gasteiger partial charge in [-0.15, -0.1) is 0 Å². The van der Waals surface area contributed by atoms with Gasteiger partial charge in [-0.05, 0) is 28.5 Å². The Balaban J connectivity index is 1.97. The van der Waals surface area contributed by atoms with Crippen molar-refractivity contribution in [3.05, 3.63) is 94.0 Å². The molecule has 4 nitrogen and oxygen atoms in total. The van der Waals surface area contributed by atoms with Gasteiger partial charge in [-0.25, -0.2) is 0 Å². The number of nitrogens with zero attached hydrogens (tertiary/aromatic N) is 1. The monoisotopic (exact) mass is 303 g/mol. The van der Waals surface area contributed by atoms with E-state index in [2.05, 4.69) is 0 Å². The molecular weight excluding hydrogens is 290 g/mol. The normalized spacial score (nSPS) is 11.0. The predicted octanol–water partition coefficient (Wildman–Crippen LogP) is 4.64.